The first-order chi connectivity index (χ1) is 10.2. The molecule has 5 nitrogen and oxygen atoms in total. The van der Waals surface area contributed by atoms with Crippen LogP contribution in [0.15, 0.2) is 30.3 Å². The van der Waals surface area contributed by atoms with E-state index in [2.05, 4.69) is 10.2 Å². The molecule has 0 saturated carbocycles. The van der Waals surface area contributed by atoms with Gasteiger partial charge < -0.3 is 16.0 Å². The van der Waals surface area contributed by atoms with Gasteiger partial charge in [0.05, 0.1) is 11.4 Å². The summed E-state index contributed by atoms with van der Waals surface area (Å²) in [5.74, 6) is 1.10. The van der Waals surface area contributed by atoms with Crippen LogP contribution in [-0.4, -0.2) is 31.0 Å². The molecule has 110 valence electrons. The van der Waals surface area contributed by atoms with Gasteiger partial charge in [0.15, 0.2) is 0 Å². The molecule has 1 fully saturated rings. The van der Waals surface area contributed by atoms with Crippen LogP contribution in [0.3, 0.4) is 0 Å². The number of carbonyl (C=O) groups excluding carboxylic acids is 1. The molecule has 1 aliphatic heterocycles. The Hall–Kier alpha value is -2.30. The Balaban J connectivity index is 1.86. The van der Waals surface area contributed by atoms with Crippen LogP contribution < -0.4 is 16.0 Å². The molecule has 1 aromatic carbocycles. The average Bonchev–Trinajstić information content (AvgIpc) is 2.53. The second-order valence-electron chi connectivity index (χ2n) is 5.52. The maximum Gasteiger partial charge on any atom is 0.224 e. The first-order valence-corrected chi connectivity index (χ1v) is 7.30. The number of carbonyl (C=O) groups is 1. The minimum Gasteiger partial charge on any atom is -0.399 e. The number of pyridine rings is 1. The number of aromatic nitrogens is 1. The maximum atomic E-state index is 11.8. The number of benzene rings is 1. The number of piperidine rings is 1. The summed E-state index contributed by atoms with van der Waals surface area (Å²) in [6, 6.07) is 9.78. The van der Waals surface area contributed by atoms with Crippen molar-refractivity contribution < 1.29 is 4.79 Å². The van der Waals surface area contributed by atoms with Gasteiger partial charge in [0.2, 0.25) is 5.91 Å². The molecule has 0 aliphatic carbocycles. The van der Waals surface area contributed by atoms with Crippen molar-refractivity contribution >= 4 is 28.3 Å². The lowest BCUT2D eigenvalue weighted by molar-refractivity contribution is -0.124. The predicted octanol–water partition coefficient (Wildman–Crippen LogP) is 1.78. The van der Waals surface area contributed by atoms with Crippen LogP contribution in [0.4, 0.5) is 11.5 Å². The molecule has 1 atom stereocenters. The average molecular weight is 284 g/mol. The molecule has 21 heavy (non-hydrogen) atoms. The summed E-state index contributed by atoms with van der Waals surface area (Å²) < 4.78 is 0. The van der Waals surface area contributed by atoms with Crippen LogP contribution >= 0.6 is 0 Å². The highest BCUT2D eigenvalue weighted by Crippen LogP contribution is 2.24. The van der Waals surface area contributed by atoms with Gasteiger partial charge in [-0.3, -0.25) is 4.79 Å². The first-order valence-electron chi connectivity index (χ1n) is 7.30. The van der Waals surface area contributed by atoms with Gasteiger partial charge in [-0.1, -0.05) is 0 Å². The van der Waals surface area contributed by atoms with Crippen LogP contribution in [0, 0.1) is 5.92 Å². The van der Waals surface area contributed by atoms with Crippen molar-refractivity contribution in [2.45, 2.75) is 12.8 Å². The molecule has 0 spiro atoms. The van der Waals surface area contributed by atoms with Gasteiger partial charge in [-0.05, 0) is 43.2 Å². The largest absolute Gasteiger partial charge is 0.399 e. The van der Waals surface area contributed by atoms with E-state index < -0.39 is 0 Å². The quantitative estimate of drug-likeness (QED) is 0.825. The van der Waals surface area contributed by atoms with E-state index in [0.29, 0.717) is 0 Å². The molecule has 1 aliphatic rings. The van der Waals surface area contributed by atoms with Crippen molar-refractivity contribution in [3.63, 3.8) is 0 Å². The van der Waals surface area contributed by atoms with Crippen LogP contribution in [0.25, 0.3) is 10.9 Å². The van der Waals surface area contributed by atoms with Crippen molar-refractivity contribution in [3.8, 4) is 0 Å². The van der Waals surface area contributed by atoms with E-state index in [1.165, 1.54) is 0 Å². The van der Waals surface area contributed by atoms with Crippen LogP contribution in [0.5, 0.6) is 0 Å². The second-order valence-corrected chi connectivity index (χ2v) is 5.52. The molecular weight excluding hydrogens is 264 g/mol. The highest BCUT2D eigenvalue weighted by Gasteiger charge is 2.25. The number of anilines is 2. The molecule has 0 bridgehead atoms. The van der Waals surface area contributed by atoms with E-state index in [4.69, 9.17) is 10.7 Å². The third-order valence-electron chi connectivity index (χ3n) is 4.06. The van der Waals surface area contributed by atoms with E-state index >= 15 is 0 Å². The van der Waals surface area contributed by atoms with Gasteiger partial charge in [-0.15, -0.1) is 0 Å². The van der Waals surface area contributed by atoms with E-state index in [1.54, 1.807) is 7.05 Å². The zero-order chi connectivity index (χ0) is 14.8. The molecule has 0 radical (unpaired) electrons. The highest BCUT2D eigenvalue weighted by molar-refractivity contribution is 5.83. The SMILES string of the molecule is CNC(=O)C1CCCN(c2ccc3cc(N)ccc3n2)C1. The Bertz CT molecular complexity index is 670. The molecule has 2 aromatic rings. The molecular formula is C16H20N4O. The van der Waals surface area contributed by atoms with Crippen molar-refractivity contribution in [2.24, 2.45) is 5.92 Å². The van der Waals surface area contributed by atoms with E-state index in [9.17, 15) is 4.79 Å². The lowest BCUT2D eigenvalue weighted by Gasteiger charge is -2.32. The molecule has 1 unspecified atom stereocenters. The predicted molar refractivity (Wildman–Crippen MR) is 85.2 cm³/mol. The van der Waals surface area contributed by atoms with Crippen molar-refractivity contribution in [3.05, 3.63) is 30.3 Å². The summed E-state index contributed by atoms with van der Waals surface area (Å²) >= 11 is 0. The fraction of sp³-hybridized carbons (Fsp3) is 0.375. The van der Waals surface area contributed by atoms with Crippen molar-refractivity contribution in [1.29, 1.82) is 0 Å². The molecule has 1 aromatic heterocycles. The van der Waals surface area contributed by atoms with Crippen molar-refractivity contribution in [1.82, 2.24) is 10.3 Å². The summed E-state index contributed by atoms with van der Waals surface area (Å²) in [5, 5.41) is 3.78. The highest BCUT2D eigenvalue weighted by atomic mass is 16.1. The van der Waals surface area contributed by atoms with Crippen LogP contribution in [0.1, 0.15) is 12.8 Å². The lowest BCUT2D eigenvalue weighted by Crippen LogP contribution is -2.42. The number of hydrogen-bond donors (Lipinski definition) is 2. The van der Waals surface area contributed by atoms with Gasteiger partial charge in [-0.2, -0.15) is 0 Å². The zero-order valence-electron chi connectivity index (χ0n) is 12.2. The summed E-state index contributed by atoms with van der Waals surface area (Å²) in [5.41, 5.74) is 7.47. The molecule has 3 rings (SSSR count). The van der Waals surface area contributed by atoms with Crippen LogP contribution in [-0.2, 0) is 4.79 Å². The summed E-state index contributed by atoms with van der Waals surface area (Å²) in [6.45, 7) is 1.67. The van der Waals surface area contributed by atoms with E-state index in [-0.39, 0.29) is 11.8 Å². The minimum atomic E-state index is 0.0488. The molecule has 3 N–H and O–H groups in total. The zero-order valence-corrected chi connectivity index (χ0v) is 12.2. The lowest BCUT2D eigenvalue weighted by atomic mass is 9.97. The topological polar surface area (TPSA) is 71.2 Å². The molecule has 1 saturated heterocycles. The summed E-state index contributed by atoms with van der Waals surface area (Å²) in [7, 11) is 1.69. The Labute approximate surface area is 124 Å². The van der Waals surface area contributed by atoms with E-state index in [1.807, 2.05) is 30.3 Å². The Morgan fingerprint density at radius 2 is 2.24 bits per heavy atom. The number of rotatable bonds is 2. The monoisotopic (exact) mass is 284 g/mol. The fourth-order valence-electron chi connectivity index (χ4n) is 2.91. The second kappa shape index (κ2) is 5.60. The fourth-order valence-corrected chi connectivity index (χ4v) is 2.91. The van der Waals surface area contributed by atoms with Gasteiger partial charge in [0, 0.05) is 31.2 Å². The number of nitrogens with zero attached hydrogens (tertiary/aromatic N) is 2. The molecule has 1 amide bonds. The number of nitrogens with two attached hydrogens (primary N) is 1. The Morgan fingerprint density at radius 1 is 1.38 bits per heavy atom. The van der Waals surface area contributed by atoms with Gasteiger partial charge in [0.1, 0.15) is 5.82 Å². The minimum absolute atomic E-state index is 0.0488. The van der Waals surface area contributed by atoms with Crippen LogP contribution in [0.2, 0.25) is 0 Å². The first kappa shape index (κ1) is 13.7. The normalized spacial score (nSPS) is 18.7. The number of amides is 1. The van der Waals surface area contributed by atoms with E-state index in [0.717, 1.165) is 48.3 Å². The standard InChI is InChI=1S/C16H20N4O/c1-18-16(21)12-3-2-8-20(10-12)15-7-4-11-9-13(17)5-6-14(11)19-15/h4-7,9,12H,2-3,8,10,17H2,1H3,(H,18,21). The van der Waals surface area contributed by atoms with Gasteiger partial charge in [0.25, 0.3) is 0 Å². The third-order valence-corrected chi connectivity index (χ3v) is 4.06. The van der Waals surface area contributed by atoms with Crippen molar-refractivity contribution in [2.75, 3.05) is 30.8 Å². The van der Waals surface area contributed by atoms with Gasteiger partial charge >= 0.3 is 0 Å². The Morgan fingerprint density at radius 3 is 3.05 bits per heavy atom. The summed E-state index contributed by atoms with van der Waals surface area (Å²) in [6.07, 6.45) is 1.96. The number of fused-ring (bicyclic) bond motifs is 1. The number of nitrogens with one attached hydrogen (secondary N) is 1. The Kier molecular flexibility index (Phi) is 3.64. The molecule has 5 heteroatoms. The maximum absolute atomic E-state index is 11.8. The summed E-state index contributed by atoms with van der Waals surface area (Å²) in [4.78, 5) is 18.7. The number of hydrogen-bond acceptors (Lipinski definition) is 4. The number of nitrogen functional groups attached to an aromatic ring is 1. The smallest absolute Gasteiger partial charge is 0.224 e. The third kappa shape index (κ3) is 2.77. The molecule has 2 heterocycles. The van der Waals surface area contributed by atoms with Gasteiger partial charge in [-0.25, -0.2) is 4.98 Å².